The van der Waals surface area contributed by atoms with Gasteiger partial charge in [0.1, 0.15) is 0 Å². The smallest absolute Gasteiger partial charge is 0.315 e. The van der Waals surface area contributed by atoms with Crippen molar-refractivity contribution in [3.63, 3.8) is 0 Å². The number of nitrogens with zero attached hydrogens (tertiary/aromatic N) is 2. The summed E-state index contributed by atoms with van der Waals surface area (Å²) in [5, 5.41) is 6.79. The molecule has 140 valence electrons. The molecule has 0 bridgehead atoms. The van der Waals surface area contributed by atoms with Gasteiger partial charge in [-0.25, -0.2) is 8.42 Å². The Kier molecular flexibility index (Phi) is 5.88. The SMILES string of the molecule is O=C(NCc1ccccc1)c1nc(CCS(=O)(=O)c2ccc(Cl)cc2)no1. The first-order chi connectivity index (χ1) is 12.9. The molecule has 0 unspecified atom stereocenters. The summed E-state index contributed by atoms with van der Waals surface area (Å²) in [5.74, 6) is -0.778. The molecule has 3 aromatic rings. The van der Waals surface area contributed by atoms with Crippen molar-refractivity contribution in [1.29, 1.82) is 0 Å². The van der Waals surface area contributed by atoms with Crippen LogP contribution in [0.4, 0.5) is 0 Å². The second-order valence-corrected chi connectivity index (χ2v) is 8.25. The number of aromatic nitrogens is 2. The van der Waals surface area contributed by atoms with Gasteiger partial charge in [0.05, 0.1) is 10.6 Å². The monoisotopic (exact) mass is 405 g/mol. The molecule has 3 rings (SSSR count). The van der Waals surface area contributed by atoms with Crippen molar-refractivity contribution in [2.24, 2.45) is 0 Å². The zero-order chi connectivity index (χ0) is 19.3. The molecule has 0 saturated heterocycles. The van der Waals surface area contributed by atoms with Crippen molar-refractivity contribution in [3.8, 4) is 0 Å². The predicted molar refractivity (Wildman–Crippen MR) is 99.1 cm³/mol. The lowest BCUT2D eigenvalue weighted by molar-refractivity contribution is 0.0907. The highest BCUT2D eigenvalue weighted by Crippen LogP contribution is 2.16. The van der Waals surface area contributed by atoms with Gasteiger partial charge in [-0.05, 0) is 29.8 Å². The number of amides is 1. The average Bonchev–Trinajstić information content (AvgIpc) is 3.15. The first-order valence-electron chi connectivity index (χ1n) is 8.07. The van der Waals surface area contributed by atoms with E-state index in [1.165, 1.54) is 24.3 Å². The minimum Gasteiger partial charge on any atom is -0.344 e. The van der Waals surface area contributed by atoms with Gasteiger partial charge in [0.2, 0.25) is 0 Å². The summed E-state index contributed by atoms with van der Waals surface area (Å²) in [4.78, 5) is 16.2. The molecule has 7 nitrogen and oxygen atoms in total. The standard InChI is InChI=1S/C18H16ClN3O4S/c19-14-6-8-15(9-7-14)27(24,25)11-10-16-21-18(26-22-16)17(23)20-12-13-4-2-1-3-5-13/h1-9H,10-12H2,(H,20,23). The fraction of sp³-hybridized carbons (Fsp3) is 0.167. The number of carbonyl (C=O) groups excluding carboxylic acids is 1. The third-order valence-electron chi connectivity index (χ3n) is 3.73. The van der Waals surface area contributed by atoms with Gasteiger partial charge >= 0.3 is 11.8 Å². The highest BCUT2D eigenvalue weighted by Gasteiger charge is 2.19. The van der Waals surface area contributed by atoms with Crippen LogP contribution < -0.4 is 5.32 Å². The lowest BCUT2D eigenvalue weighted by Gasteiger charge is -2.02. The molecule has 0 aliphatic carbocycles. The van der Waals surface area contributed by atoms with E-state index < -0.39 is 15.7 Å². The Labute approximate surface area is 161 Å². The van der Waals surface area contributed by atoms with E-state index in [0.29, 0.717) is 11.6 Å². The van der Waals surface area contributed by atoms with Crippen LogP contribution in [0.5, 0.6) is 0 Å². The van der Waals surface area contributed by atoms with E-state index in [4.69, 9.17) is 16.1 Å². The maximum atomic E-state index is 12.3. The minimum absolute atomic E-state index is 0.0282. The van der Waals surface area contributed by atoms with Gasteiger partial charge in [-0.3, -0.25) is 4.79 Å². The summed E-state index contributed by atoms with van der Waals surface area (Å²) < 4.78 is 29.5. The Hall–Kier alpha value is -2.71. The van der Waals surface area contributed by atoms with E-state index in [0.717, 1.165) is 5.56 Å². The van der Waals surface area contributed by atoms with Crippen LogP contribution in [0.25, 0.3) is 0 Å². The van der Waals surface area contributed by atoms with Crippen LogP contribution in [0, 0.1) is 0 Å². The van der Waals surface area contributed by atoms with Crippen molar-refractivity contribution < 1.29 is 17.7 Å². The molecule has 0 aliphatic rings. The van der Waals surface area contributed by atoms with Crippen molar-refractivity contribution in [3.05, 3.63) is 76.9 Å². The lowest BCUT2D eigenvalue weighted by atomic mass is 10.2. The van der Waals surface area contributed by atoms with Crippen LogP contribution in [-0.2, 0) is 22.8 Å². The summed E-state index contributed by atoms with van der Waals surface area (Å²) in [6, 6.07) is 15.3. The number of sulfone groups is 1. The number of hydrogen-bond acceptors (Lipinski definition) is 6. The summed E-state index contributed by atoms with van der Waals surface area (Å²) in [5.41, 5.74) is 0.930. The normalized spacial score (nSPS) is 11.3. The van der Waals surface area contributed by atoms with Crippen LogP contribution in [0.1, 0.15) is 22.1 Å². The van der Waals surface area contributed by atoms with Crippen molar-refractivity contribution in [2.45, 2.75) is 17.9 Å². The second kappa shape index (κ2) is 8.32. The van der Waals surface area contributed by atoms with Crippen molar-refractivity contribution in [2.75, 3.05) is 5.75 Å². The molecule has 27 heavy (non-hydrogen) atoms. The molecule has 0 saturated carbocycles. The molecule has 1 N–H and O–H groups in total. The molecule has 0 radical (unpaired) electrons. The second-order valence-electron chi connectivity index (χ2n) is 5.71. The van der Waals surface area contributed by atoms with Gasteiger partial charge in [-0.15, -0.1) is 0 Å². The molecule has 0 atom stereocenters. The fourth-order valence-corrected chi connectivity index (χ4v) is 3.65. The highest BCUT2D eigenvalue weighted by molar-refractivity contribution is 7.91. The Balaban J connectivity index is 1.57. The third kappa shape index (κ3) is 5.15. The van der Waals surface area contributed by atoms with Crippen LogP contribution in [0.2, 0.25) is 5.02 Å². The summed E-state index contributed by atoms with van der Waals surface area (Å²) in [6.07, 6.45) is 0.0282. The molecule has 1 aromatic heterocycles. The Bertz CT molecular complexity index is 1020. The number of aryl methyl sites for hydroxylation is 1. The maximum Gasteiger partial charge on any atom is 0.315 e. The van der Waals surface area contributed by atoms with Gasteiger partial charge in [-0.2, -0.15) is 4.98 Å². The van der Waals surface area contributed by atoms with E-state index in [1.54, 1.807) is 0 Å². The quantitative estimate of drug-likeness (QED) is 0.648. The molecule has 9 heteroatoms. The maximum absolute atomic E-state index is 12.3. The van der Waals surface area contributed by atoms with Gasteiger partial charge < -0.3 is 9.84 Å². The number of nitrogens with one attached hydrogen (secondary N) is 1. The van der Waals surface area contributed by atoms with Gasteiger partial charge in [0.15, 0.2) is 15.7 Å². The largest absolute Gasteiger partial charge is 0.344 e. The molecule has 2 aromatic carbocycles. The summed E-state index contributed by atoms with van der Waals surface area (Å²) >= 11 is 5.77. The topological polar surface area (TPSA) is 102 Å². The summed E-state index contributed by atoms with van der Waals surface area (Å²) in [6.45, 7) is 0.322. The van der Waals surface area contributed by atoms with Gasteiger partial charge in [-0.1, -0.05) is 47.1 Å². The van der Waals surface area contributed by atoms with E-state index in [9.17, 15) is 13.2 Å². The Morgan fingerprint density at radius 1 is 1.07 bits per heavy atom. The van der Waals surface area contributed by atoms with E-state index >= 15 is 0 Å². The molecule has 0 spiro atoms. The third-order valence-corrected chi connectivity index (χ3v) is 5.71. The van der Waals surface area contributed by atoms with Crippen molar-refractivity contribution >= 4 is 27.3 Å². The van der Waals surface area contributed by atoms with E-state index in [-0.39, 0.29) is 28.8 Å². The Morgan fingerprint density at radius 3 is 2.48 bits per heavy atom. The Morgan fingerprint density at radius 2 is 1.78 bits per heavy atom. The first-order valence-corrected chi connectivity index (χ1v) is 10.1. The number of halogens is 1. The van der Waals surface area contributed by atoms with E-state index in [2.05, 4.69) is 15.5 Å². The molecule has 1 heterocycles. The van der Waals surface area contributed by atoms with Crippen LogP contribution in [-0.4, -0.2) is 30.2 Å². The zero-order valence-corrected chi connectivity index (χ0v) is 15.7. The van der Waals surface area contributed by atoms with Crippen LogP contribution in [0.15, 0.2) is 64.0 Å². The van der Waals surface area contributed by atoms with Gasteiger partial charge in [0, 0.05) is 18.0 Å². The first kappa shape index (κ1) is 19.1. The van der Waals surface area contributed by atoms with Crippen molar-refractivity contribution in [1.82, 2.24) is 15.5 Å². The van der Waals surface area contributed by atoms with Crippen LogP contribution in [0.3, 0.4) is 0 Å². The van der Waals surface area contributed by atoms with E-state index in [1.807, 2.05) is 30.3 Å². The predicted octanol–water partition coefficient (Wildman–Crippen LogP) is 2.67. The van der Waals surface area contributed by atoms with Gasteiger partial charge in [0.25, 0.3) is 0 Å². The highest BCUT2D eigenvalue weighted by atomic mass is 35.5. The molecular formula is C18H16ClN3O4S. The number of carbonyl (C=O) groups is 1. The van der Waals surface area contributed by atoms with Crippen LogP contribution >= 0.6 is 11.6 Å². The minimum atomic E-state index is -3.51. The number of rotatable bonds is 7. The lowest BCUT2D eigenvalue weighted by Crippen LogP contribution is -2.23. The molecule has 0 aliphatic heterocycles. The summed E-state index contributed by atoms with van der Waals surface area (Å²) in [7, 11) is -3.51. The molecule has 0 fully saturated rings. The zero-order valence-electron chi connectivity index (χ0n) is 14.1. The molecule has 1 amide bonds. The fourth-order valence-electron chi connectivity index (χ4n) is 2.29. The average molecular weight is 406 g/mol. The number of hydrogen-bond donors (Lipinski definition) is 1. The molecular weight excluding hydrogens is 390 g/mol. The number of benzene rings is 2.